The number of carbonyl (C=O) groups excluding carboxylic acids is 1. The Bertz CT molecular complexity index is 1310. The fourth-order valence-corrected chi connectivity index (χ4v) is 4.63. The van der Waals surface area contributed by atoms with Gasteiger partial charge >= 0.3 is 0 Å². The van der Waals surface area contributed by atoms with Crippen molar-refractivity contribution in [3.05, 3.63) is 41.6 Å². The van der Waals surface area contributed by atoms with Gasteiger partial charge in [-0.15, -0.1) is 11.8 Å². The molecule has 0 aliphatic heterocycles. The molecule has 1 fully saturated rings. The van der Waals surface area contributed by atoms with Crippen molar-refractivity contribution in [3.8, 4) is 11.4 Å². The average Bonchev–Trinajstić information content (AvgIpc) is 3.77. The second-order valence-corrected chi connectivity index (χ2v) is 10.7. The number of carbonyl (C=O) groups is 1. The van der Waals surface area contributed by atoms with Gasteiger partial charge in [-0.1, -0.05) is 13.8 Å². The molecule has 10 nitrogen and oxygen atoms in total. The summed E-state index contributed by atoms with van der Waals surface area (Å²) in [5.74, 6) is 3.37. The highest BCUT2D eigenvalue weighted by Crippen LogP contribution is 2.44. The number of nitrogens with zero attached hydrogens (tertiary/aromatic N) is 8. The van der Waals surface area contributed by atoms with Crippen molar-refractivity contribution in [2.45, 2.75) is 77.3 Å². The molecule has 0 unspecified atom stereocenters. The van der Waals surface area contributed by atoms with Crippen LogP contribution in [0, 0.1) is 13.8 Å². The predicted molar refractivity (Wildman–Crippen MR) is 152 cm³/mol. The molecule has 1 aliphatic rings. The largest absolute Gasteiger partial charge is 0.355 e. The third-order valence-electron chi connectivity index (χ3n) is 6.66. The zero-order valence-electron chi connectivity index (χ0n) is 22.9. The summed E-state index contributed by atoms with van der Waals surface area (Å²) >= 11 is 1.67. The Labute approximate surface area is 228 Å². The van der Waals surface area contributed by atoms with Crippen LogP contribution in [0.4, 0.5) is 11.5 Å². The number of aldehydes is 1. The average molecular weight is 534 g/mol. The van der Waals surface area contributed by atoms with E-state index in [9.17, 15) is 4.79 Å². The number of aliphatic imine (C=N–C) groups is 1. The fourth-order valence-electron chi connectivity index (χ4n) is 4.04. The first kappa shape index (κ1) is 27.6. The number of aryl methyl sites for hydroxylation is 2. The van der Waals surface area contributed by atoms with Crippen molar-refractivity contribution >= 4 is 35.4 Å². The summed E-state index contributed by atoms with van der Waals surface area (Å²) in [7, 11) is 2.00. The number of hydrogen-bond acceptors (Lipinski definition) is 10. The quantitative estimate of drug-likeness (QED) is 0.159. The maximum atomic E-state index is 12.0. The molecular formula is C27H35N9OS. The van der Waals surface area contributed by atoms with Gasteiger partial charge in [0.15, 0.2) is 23.8 Å². The van der Waals surface area contributed by atoms with E-state index < -0.39 is 0 Å². The van der Waals surface area contributed by atoms with Crippen molar-refractivity contribution < 1.29 is 4.79 Å². The van der Waals surface area contributed by atoms with E-state index in [0.29, 0.717) is 41.1 Å². The van der Waals surface area contributed by atoms with Crippen molar-refractivity contribution in [3.63, 3.8) is 0 Å². The predicted octanol–water partition coefficient (Wildman–Crippen LogP) is 4.77. The van der Waals surface area contributed by atoms with E-state index in [0.717, 1.165) is 46.9 Å². The molecule has 1 aliphatic carbocycles. The first-order valence-electron chi connectivity index (χ1n) is 13.0. The smallest absolute Gasteiger partial charge is 0.185 e. The summed E-state index contributed by atoms with van der Waals surface area (Å²) in [6.07, 6.45) is 9.03. The van der Waals surface area contributed by atoms with Crippen molar-refractivity contribution in [2.24, 2.45) is 4.99 Å². The molecule has 200 valence electrons. The number of thioether (sulfide) groups is 1. The van der Waals surface area contributed by atoms with Gasteiger partial charge in [0.05, 0.1) is 22.6 Å². The van der Waals surface area contributed by atoms with Crippen molar-refractivity contribution in [2.75, 3.05) is 23.0 Å². The Hall–Kier alpha value is -3.47. The number of rotatable bonds is 11. The van der Waals surface area contributed by atoms with Gasteiger partial charge < -0.3 is 10.2 Å². The summed E-state index contributed by atoms with van der Waals surface area (Å²) in [5.41, 5.74) is 4.11. The molecular weight excluding hydrogens is 498 g/mol. The van der Waals surface area contributed by atoms with E-state index in [4.69, 9.17) is 9.97 Å². The van der Waals surface area contributed by atoms with Crippen LogP contribution in [0.15, 0.2) is 28.6 Å². The molecule has 0 saturated heterocycles. The topological polar surface area (TPSA) is 122 Å². The summed E-state index contributed by atoms with van der Waals surface area (Å²) in [4.78, 5) is 47.2. The van der Waals surface area contributed by atoms with Gasteiger partial charge in [0, 0.05) is 36.3 Å². The van der Waals surface area contributed by atoms with Crippen LogP contribution in [0.1, 0.15) is 68.9 Å². The van der Waals surface area contributed by atoms with Crippen LogP contribution in [0.5, 0.6) is 0 Å². The maximum Gasteiger partial charge on any atom is 0.185 e. The molecule has 3 aromatic rings. The lowest BCUT2D eigenvalue weighted by Crippen LogP contribution is -2.31. The summed E-state index contributed by atoms with van der Waals surface area (Å²) in [6, 6.07) is 0.207. The molecule has 0 spiro atoms. The molecule has 3 aromatic heterocycles. The van der Waals surface area contributed by atoms with E-state index >= 15 is 0 Å². The van der Waals surface area contributed by atoms with Gasteiger partial charge in [-0.2, -0.15) is 0 Å². The van der Waals surface area contributed by atoms with Crippen LogP contribution < -0.4 is 10.2 Å². The molecule has 0 aromatic carbocycles. The minimum absolute atomic E-state index is 0.164. The lowest BCUT2D eigenvalue weighted by atomic mass is 10.1. The Morgan fingerprint density at radius 2 is 1.89 bits per heavy atom. The fraction of sp³-hybridized carbons (Fsp3) is 0.481. The lowest BCUT2D eigenvalue weighted by Gasteiger charge is -2.28. The first-order chi connectivity index (χ1) is 18.4. The Balaban J connectivity index is 1.70. The van der Waals surface area contributed by atoms with Gasteiger partial charge in [0.2, 0.25) is 0 Å². The van der Waals surface area contributed by atoms with Gasteiger partial charge in [0.25, 0.3) is 0 Å². The number of anilines is 2. The molecule has 4 rings (SSSR count). The van der Waals surface area contributed by atoms with Gasteiger partial charge in [-0.05, 0) is 45.8 Å². The highest BCUT2D eigenvalue weighted by atomic mass is 32.2. The Morgan fingerprint density at radius 1 is 1.16 bits per heavy atom. The minimum atomic E-state index is 0.164. The number of amidine groups is 1. The minimum Gasteiger partial charge on any atom is -0.355 e. The van der Waals surface area contributed by atoms with E-state index in [-0.39, 0.29) is 18.4 Å². The highest BCUT2D eigenvalue weighted by molar-refractivity contribution is 7.99. The maximum absolute atomic E-state index is 12.0. The molecule has 11 heteroatoms. The molecule has 38 heavy (non-hydrogen) atoms. The number of hydrogen-bond donors (Lipinski definition) is 1. The van der Waals surface area contributed by atoms with Crippen LogP contribution in [-0.4, -0.2) is 60.9 Å². The molecule has 3 heterocycles. The molecule has 1 saturated carbocycles. The van der Waals surface area contributed by atoms with Gasteiger partial charge in [0.1, 0.15) is 24.4 Å². The third-order valence-corrected chi connectivity index (χ3v) is 7.49. The second-order valence-electron chi connectivity index (χ2n) is 9.41. The van der Waals surface area contributed by atoms with E-state index in [2.05, 4.69) is 55.9 Å². The molecule has 0 amide bonds. The monoisotopic (exact) mass is 533 g/mol. The molecule has 0 radical (unpaired) electrons. The van der Waals surface area contributed by atoms with Crippen molar-refractivity contribution in [1.82, 2.24) is 29.9 Å². The Morgan fingerprint density at radius 3 is 2.53 bits per heavy atom. The Kier molecular flexibility index (Phi) is 8.98. The van der Waals surface area contributed by atoms with Crippen LogP contribution in [-0.2, 0) is 11.3 Å². The molecule has 1 N–H and O–H groups in total. The summed E-state index contributed by atoms with van der Waals surface area (Å²) in [5, 5.41) is 3.19. The van der Waals surface area contributed by atoms with Crippen molar-refractivity contribution in [1.29, 1.82) is 0 Å². The van der Waals surface area contributed by atoms with E-state index in [1.807, 2.05) is 20.9 Å². The van der Waals surface area contributed by atoms with Crippen LogP contribution in [0.3, 0.4) is 0 Å². The molecule has 1 atom stereocenters. The lowest BCUT2D eigenvalue weighted by molar-refractivity contribution is -0.102. The SMILES string of the molecule is CCSc1cnc(CN=C(C=O)Nc2c(C)nc(-c3c(C)ncnc3C3CC3)nc2N(C)[C@H](C)CC)nc1. The van der Waals surface area contributed by atoms with E-state index in [1.54, 1.807) is 30.5 Å². The zero-order valence-corrected chi connectivity index (χ0v) is 23.7. The first-order valence-corrected chi connectivity index (χ1v) is 14.0. The summed E-state index contributed by atoms with van der Waals surface area (Å²) in [6.45, 7) is 10.4. The highest BCUT2D eigenvalue weighted by Gasteiger charge is 2.31. The van der Waals surface area contributed by atoms with Crippen LogP contribution in [0.25, 0.3) is 11.4 Å². The van der Waals surface area contributed by atoms with E-state index in [1.165, 1.54) is 0 Å². The number of aromatic nitrogens is 6. The number of nitrogens with one attached hydrogen (secondary N) is 1. The third kappa shape index (κ3) is 6.32. The second kappa shape index (κ2) is 12.4. The van der Waals surface area contributed by atoms with Gasteiger partial charge in [-0.25, -0.2) is 29.9 Å². The van der Waals surface area contributed by atoms with Crippen LogP contribution >= 0.6 is 11.8 Å². The van der Waals surface area contributed by atoms with Crippen LogP contribution in [0.2, 0.25) is 0 Å². The standard InChI is InChI=1S/C27H35N9OS/c1-7-16(3)36(6)27-24(34-22(14-37)30-13-21-28-11-20(12-29-21)38-8-2)18(5)33-26(35-27)23-17(4)31-15-32-25(23)19-9-10-19/h11-12,14-16,19H,7-10,13H2,1-6H3,(H,30,34)/t16-/m1/s1. The molecule has 0 bridgehead atoms. The zero-order chi connectivity index (χ0) is 27.2. The summed E-state index contributed by atoms with van der Waals surface area (Å²) < 4.78 is 0. The van der Waals surface area contributed by atoms with Gasteiger partial charge in [-0.3, -0.25) is 9.79 Å². The normalized spacial score (nSPS) is 14.3.